The zero-order valence-corrected chi connectivity index (χ0v) is 18.9. The number of rotatable bonds is 7. The number of aromatic nitrogens is 2. The Labute approximate surface area is 193 Å². The van der Waals surface area contributed by atoms with Crippen molar-refractivity contribution in [3.8, 4) is 0 Å². The number of piperidine rings is 1. The summed E-state index contributed by atoms with van der Waals surface area (Å²) in [7, 11) is 0. The SMILES string of the molecule is CCOC(=O)C1CCN(c2ncnc(N3CCN(Cc4ccccc4)CC3)c2[N+](=O)[O-])CC1. The molecule has 4 rings (SSSR count). The molecule has 0 radical (unpaired) electrons. The Morgan fingerprint density at radius 2 is 1.64 bits per heavy atom. The number of hydrogen-bond acceptors (Lipinski definition) is 9. The highest BCUT2D eigenvalue weighted by atomic mass is 16.6. The number of carbonyl (C=O) groups is 1. The van der Waals surface area contributed by atoms with E-state index in [0.717, 1.165) is 19.6 Å². The van der Waals surface area contributed by atoms with Crippen LogP contribution in [0.15, 0.2) is 36.7 Å². The van der Waals surface area contributed by atoms with Crippen molar-refractivity contribution in [3.05, 3.63) is 52.3 Å². The zero-order valence-electron chi connectivity index (χ0n) is 18.9. The summed E-state index contributed by atoms with van der Waals surface area (Å²) in [4.78, 5) is 38.5. The lowest BCUT2D eigenvalue weighted by Gasteiger charge is -2.36. The maximum atomic E-state index is 12.1. The molecule has 33 heavy (non-hydrogen) atoms. The van der Waals surface area contributed by atoms with Crippen LogP contribution in [-0.4, -0.2) is 71.6 Å². The highest BCUT2D eigenvalue weighted by Gasteiger charge is 2.34. The summed E-state index contributed by atoms with van der Waals surface area (Å²) < 4.78 is 5.13. The van der Waals surface area contributed by atoms with Crippen molar-refractivity contribution in [1.29, 1.82) is 0 Å². The predicted molar refractivity (Wildman–Crippen MR) is 124 cm³/mol. The van der Waals surface area contributed by atoms with Gasteiger partial charge in [-0.25, -0.2) is 9.97 Å². The highest BCUT2D eigenvalue weighted by Crippen LogP contribution is 2.36. The zero-order chi connectivity index (χ0) is 23.2. The Hall–Kier alpha value is -3.27. The average molecular weight is 455 g/mol. The number of nitrogens with zero attached hydrogens (tertiary/aromatic N) is 6. The van der Waals surface area contributed by atoms with Crippen LogP contribution in [0, 0.1) is 16.0 Å². The van der Waals surface area contributed by atoms with E-state index in [-0.39, 0.29) is 22.5 Å². The number of benzene rings is 1. The fourth-order valence-corrected chi connectivity index (χ4v) is 4.53. The van der Waals surface area contributed by atoms with Crippen LogP contribution in [0.3, 0.4) is 0 Å². The van der Waals surface area contributed by atoms with E-state index in [1.807, 2.05) is 28.0 Å². The van der Waals surface area contributed by atoms with E-state index in [4.69, 9.17) is 4.74 Å². The first-order valence-corrected chi connectivity index (χ1v) is 11.5. The van der Waals surface area contributed by atoms with Gasteiger partial charge >= 0.3 is 11.7 Å². The molecule has 0 unspecified atom stereocenters. The molecule has 10 nitrogen and oxygen atoms in total. The fraction of sp³-hybridized carbons (Fsp3) is 0.522. The van der Waals surface area contributed by atoms with Gasteiger partial charge < -0.3 is 14.5 Å². The molecule has 0 atom stereocenters. The number of piperazine rings is 1. The van der Waals surface area contributed by atoms with E-state index in [1.165, 1.54) is 11.9 Å². The molecular formula is C23H30N6O4. The lowest BCUT2D eigenvalue weighted by Crippen LogP contribution is -2.46. The summed E-state index contributed by atoms with van der Waals surface area (Å²) in [6, 6.07) is 10.3. The molecule has 0 aliphatic carbocycles. The third-order valence-corrected chi connectivity index (χ3v) is 6.30. The number of anilines is 2. The molecule has 0 saturated carbocycles. The molecule has 2 aliphatic rings. The molecule has 3 heterocycles. The molecule has 0 N–H and O–H groups in total. The van der Waals surface area contributed by atoms with Crippen LogP contribution < -0.4 is 9.80 Å². The quantitative estimate of drug-likeness (QED) is 0.354. The number of esters is 1. The van der Waals surface area contributed by atoms with E-state index in [1.54, 1.807) is 6.92 Å². The minimum absolute atomic E-state index is 0.0522. The van der Waals surface area contributed by atoms with Gasteiger partial charge in [0, 0.05) is 45.8 Å². The smallest absolute Gasteiger partial charge is 0.353 e. The minimum atomic E-state index is -0.377. The van der Waals surface area contributed by atoms with Crippen molar-refractivity contribution in [2.24, 2.45) is 5.92 Å². The third kappa shape index (κ3) is 5.39. The van der Waals surface area contributed by atoms with Gasteiger partial charge in [-0.2, -0.15) is 0 Å². The standard InChI is InChI=1S/C23H30N6O4/c1-2-33-23(30)19-8-10-27(11-9-19)21-20(29(31)32)22(25-17-24-21)28-14-12-26(13-15-28)16-18-6-4-3-5-7-18/h3-7,17,19H,2,8-16H2,1H3. The molecule has 0 bridgehead atoms. The largest absolute Gasteiger partial charge is 0.466 e. The molecule has 2 aliphatic heterocycles. The summed E-state index contributed by atoms with van der Waals surface area (Å²) in [6.07, 6.45) is 2.59. The van der Waals surface area contributed by atoms with Gasteiger partial charge in [-0.15, -0.1) is 0 Å². The van der Waals surface area contributed by atoms with Crippen LogP contribution in [0.4, 0.5) is 17.3 Å². The monoisotopic (exact) mass is 454 g/mol. The van der Waals surface area contributed by atoms with Crippen LogP contribution in [0.2, 0.25) is 0 Å². The van der Waals surface area contributed by atoms with Gasteiger partial charge in [-0.1, -0.05) is 30.3 Å². The number of nitro groups is 1. The lowest BCUT2D eigenvalue weighted by atomic mass is 9.97. The van der Waals surface area contributed by atoms with Crippen molar-refractivity contribution < 1.29 is 14.5 Å². The summed E-state index contributed by atoms with van der Waals surface area (Å²) in [5, 5.41) is 12.1. The van der Waals surface area contributed by atoms with E-state index in [2.05, 4.69) is 27.0 Å². The Morgan fingerprint density at radius 3 is 2.21 bits per heavy atom. The highest BCUT2D eigenvalue weighted by molar-refractivity contribution is 5.74. The summed E-state index contributed by atoms with van der Waals surface area (Å²) in [5.74, 6) is 0.346. The van der Waals surface area contributed by atoms with E-state index in [9.17, 15) is 14.9 Å². The van der Waals surface area contributed by atoms with Gasteiger partial charge in [0.2, 0.25) is 11.6 Å². The maximum absolute atomic E-state index is 12.1. The minimum Gasteiger partial charge on any atom is -0.466 e. The molecule has 1 aromatic carbocycles. The van der Waals surface area contributed by atoms with Crippen molar-refractivity contribution in [2.75, 3.05) is 55.7 Å². The van der Waals surface area contributed by atoms with E-state index in [0.29, 0.717) is 57.3 Å². The Morgan fingerprint density at radius 1 is 1.03 bits per heavy atom. The van der Waals surface area contributed by atoms with Crippen molar-refractivity contribution in [3.63, 3.8) is 0 Å². The van der Waals surface area contributed by atoms with Crippen LogP contribution in [0.1, 0.15) is 25.3 Å². The molecule has 2 saturated heterocycles. The number of carbonyl (C=O) groups excluding carboxylic acids is 1. The number of ether oxygens (including phenoxy) is 1. The topological polar surface area (TPSA) is 105 Å². The Balaban J connectivity index is 1.44. The van der Waals surface area contributed by atoms with Crippen molar-refractivity contribution >= 4 is 23.3 Å². The maximum Gasteiger partial charge on any atom is 0.353 e. The van der Waals surface area contributed by atoms with Gasteiger partial charge in [-0.3, -0.25) is 19.8 Å². The lowest BCUT2D eigenvalue weighted by molar-refractivity contribution is -0.383. The van der Waals surface area contributed by atoms with Crippen LogP contribution >= 0.6 is 0 Å². The fourth-order valence-electron chi connectivity index (χ4n) is 4.53. The molecule has 2 aromatic rings. The van der Waals surface area contributed by atoms with Gasteiger partial charge in [0.15, 0.2) is 0 Å². The molecule has 1 aromatic heterocycles. The van der Waals surface area contributed by atoms with Crippen LogP contribution in [0.25, 0.3) is 0 Å². The summed E-state index contributed by atoms with van der Waals surface area (Å²) in [6.45, 7) is 6.98. The summed E-state index contributed by atoms with van der Waals surface area (Å²) in [5.41, 5.74) is 1.20. The summed E-state index contributed by atoms with van der Waals surface area (Å²) >= 11 is 0. The van der Waals surface area contributed by atoms with Crippen molar-refractivity contribution in [2.45, 2.75) is 26.3 Å². The second kappa shape index (κ2) is 10.6. The molecule has 0 amide bonds. The molecular weight excluding hydrogens is 424 g/mol. The van der Waals surface area contributed by atoms with Gasteiger partial charge in [0.1, 0.15) is 6.33 Å². The van der Waals surface area contributed by atoms with Gasteiger partial charge in [-0.05, 0) is 25.3 Å². The van der Waals surface area contributed by atoms with Gasteiger partial charge in [0.05, 0.1) is 17.4 Å². The second-order valence-corrected chi connectivity index (χ2v) is 8.39. The van der Waals surface area contributed by atoms with Crippen LogP contribution in [-0.2, 0) is 16.1 Å². The second-order valence-electron chi connectivity index (χ2n) is 8.39. The van der Waals surface area contributed by atoms with E-state index >= 15 is 0 Å². The molecule has 2 fully saturated rings. The van der Waals surface area contributed by atoms with Crippen molar-refractivity contribution in [1.82, 2.24) is 14.9 Å². The van der Waals surface area contributed by atoms with Crippen LogP contribution in [0.5, 0.6) is 0 Å². The first-order valence-electron chi connectivity index (χ1n) is 11.5. The molecule has 0 spiro atoms. The first kappa shape index (κ1) is 22.9. The van der Waals surface area contributed by atoms with Gasteiger partial charge in [0.25, 0.3) is 0 Å². The average Bonchev–Trinajstić information content (AvgIpc) is 2.85. The number of hydrogen-bond donors (Lipinski definition) is 0. The van der Waals surface area contributed by atoms with E-state index < -0.39 is 0 Å². The third-order valence-electron chi connectivity index (χ3n) is 6.30. The Bertz CT molecular complexity index is 957. The predicted octanol–water partition coefficient (Wildman–Crippen LogP) is 2.49. The Kier molecular flexibility index (Phi) is 7.33. The first-order chi connectivity index (χ1) is 16.1. The molecule has 176 valence electrons. The molecule has 10 heteroatoms. The normalized spacial score (nSPS) is 17.7.